The van der Waals surface area contributed by atoms with Gasteiger partial charge < -0.3 is 20.3 Å². The SMILES string of the molecule is COc1cc(C)nc(NC(=O)NC[C@H](O)C(=O)O)n1. The quantitative estimate of drug-likeness (QED) is 0.559. The molecule has 9 heteroatoms. The van der Waals surface area contributed by atoms with Crippen LogP contribution in [0.25, 0.3) is 0 Å². The van der Waals surface area contributed by atoms with Crippen LogP contribution in [0.3, 0.4) is 0 Å². The molecule has 0 bridgehead atoms. The molecule has 0 aromatic carbocycles. The number of nitrogens with one attached hydrogen (secondary N) is 2. The average Bonchev–Trinajstić information content (AvgIpc) is 2.34. The van der Waals surface area contributed by atoms with Gasteiger partial charge in [-0.25, -0.2) is 14.6 Å². The van der Waals surface area contributed by atoms with Gasteiger partial charge in [-0.3, -0.25) is 5.32 Å². The number of carbonyl (C=O) groups excluding carboxylic acids is 1. The minimum absolute atomic E-state index is 0.0131. The van der Waals surface area contributed by atoms with Crippen molar-refractivity contribution in [3.8, 4) is 5.88 Å². The Kier molecular flexibility index (Phi) is 5.01. The number of hydrogen-bond acceptors (Lipinski definition) is 6. The lowest BCUT2D eigenvalue weighted by Gasteiger charge is -2.09. The topological polar surface area (TPSA) is 134 Å². The van der Waals surface area contributed by atoms with Crippen LogP contribution in [0, 0.1) is 6.92 Å². The molecule has 0 aliphatic heterocycles. The van der Waals surface area contributed by atoms with E-state index in [1.165, 1.54) is 7.11 Å². The van der Waals surface area contributed by atoms with E-state index in [0.29, 0.717) is 5.69 Å². The summed E-state index contributed by atoms with van der Waals surface area (Å²) in [6, 6.07) is 0.852. The number of urea groups is 1. The van der Waals surface area contributed by atoms with Crippen molar-refractivity contribution in [1.29, 1.82) is 0 Å². The Balaban J connectivity index is 2.57. The number of carboxylic acids is 1. The molecular formula is C10H14N4O5. The first kappa shape index (κ1) is 14.6. The number of aromatic nitrogens is 2. The number of aliphatic hydroxyl groups is 1. The minimum Gasteiger partial charge on any atom is -0.481 e. The number of methoxy groups -OCH3 is 1. The summed E-state index contributed by atoms with van der Waals surface area (Å²) in [6.45, 7) is 1.27. The molecule has 1 heterocycles. The smallest absolute Gasteiger partial charge is 0.334 e. The van der Waals surface area contributed by atoms with Gasteiger partial charge in [-0.05, 0) is 6.92 Å². The highest BCUT2D eigenvalue weighted by atomic mass is 16.5. The second-order valence-corrected chi connectivity index (χ2v) is 3.56. The zero-order chi connectivity index (χ0) is 14.4. The van der Waals surface area contributed by atoms with Gasteiger partial charge in [0.05, 0.1) is 13.7 Å². The monoisotopic (exact) mass is 270 g/mol. The molecule has 0 aliphatic carbocycles. The molecule has 9 nitrogen and oxygen atoms in total. The first-order valence-corrected chi connectivity index (χ1v) is 5.27. The van der Waals surface area contributed by atoms with E-state index in [1.807, 2.05) is 0 Å². The van der Waals surface area contributed by atoms with Crippen molar-refractivity contribution >= 4 is 17.9 Å². The van der Waals surface area contributed by atoms with Gasteiger partial charge in [-0.1, -0.05) is 0 Å². The second-order valence-electron chi connectivity index (χ2n) is 3.56. The van der Waals surface area contributed by atoms with Crippen LogP contribution in [0.2, 0.25) is 0 Å². The first-order chi connectivity index (χ1) is 8.92. The number of carbonyl (C=O) groups is 2. The Morgan fingerprint density at radius 1 is 1.47 bits per heavy atom. The molecule has 1 aromatic rings. The molecule has 0 spiro atoms. The Morgan fingerprint density at radius 2 is 2.16 bits per heavy atom. The van der Waals surface area contributed by atoms with Crippen molar-refractivity contribution in [3.63, 3.8) is 0 Å². The van der Waals surface area contributed by atoms with Crippen molar-refractivity contribution in [2.45, 2.75) is 13.0 Å². The van der Waals surface area contributed by atoms with Crippen molar-refractivity contribution in [2.24, 2.45) is 0 Å². The largest absolute Gasteiger partial charge is 0.481 e. The van der Waals surface area contributed by atoms with Gasteiger partial charge in [0.2, 0.25) is 11.8 Å². The maximum Gasteiger partial charge on any atom is 0.334 e. The Morgan fingerprint density at radius 3 is 2.74 bits per heavy atom. The zero-order valence-electron chi connectivity index (χ0n) is 10.4. The molecular weight excluding hydrogens is 256 g/mol. The fourth-order valence-corrected chi connectivity index (χ4v) is 1.12. The lowest BCUT2D eigenvalue weighted by atomic mass is 10.4. The predicted molar refractivity (Wildman–Crippen MR) is 64.0 cm³/mol. The maximum absolute atomic E-state index is 11.4. The normalized spacial score (nSPS) is 11.5. The van der Waals surface area contributed by atoms with E-state index in [2.05, 4.69) is 20.6 Å². The van der Waals surface area contributed by atoms with Crippen LogP contribution in [0.5, 0.6) is 5.88 Å². The van der Waals surface area contributed by atoms with Gasteiger partial charge in [-0.15, -0.1) is 0 Å². The van der Waals surface area contributed by atoms with Crippen molar-refractivity contribution in [1.82, 2.24) is 15.3 Å². The molecule has 0 fully saturated rings. The summed E-state index contributed by atoms with van der Waals surface area (Å²) in [4.78, 5) is 29.6. The number of amides is 2. The predicted octanol–water partition coefficient (Wildman–Crippen LogP) is -0.639. The van der Waals surface area contributed by atoms with Crippen LogP contribution in [-0.4, -0.2) is 51.9 Å². The Bertz CT molecular complexity index is 479. The average molecular weight is 270 g/mol. The first-order valence-electron chi connectivity index (χ1n) is 5.27. The van der Waals surface area contributed by atoms with E-state index in [9.17, 15) is 9.59 Å². The van der Waals surface area contributed by atoms with Crippen LogP contribution in [0.1, 0.15) is 5.69 Å². The van der Waals surface area contributed by atoms with Gasteiger partial charge in [0.1, 0.15) is 0 Å². The highest BCUT2D eigenvalue weighted by Crippen LogP contribution is 2.10. The summed E-state index contributed by atoms with van der Waals surface area (Å²) >= 11 is 0. The number of carboxylic acid groups (broad SMARTS) is 1. The molecule has 0 unspecified atom stereocenters. The number of ether oxygens (including phenoxy) is 1. The molecule has 0 radical (unpaired) electrons. The third-order valence-electron chi connectivity index (χ3n) is 2.01. The maximum atomic E-state index is 11.4. The number of hydrogen-bond donors (Lipinski definition) is 4. The van der Waals surface area contributed by atoms with Gasteiger partial charge in [-0.2, -0.15) is 4.98 Å². The lowest BCUT2D eigenvalue weighted by molar-refractivity contribution is -0.146. The summed E-state index contributed by atoms with van der Waals surface area (Å²) in [6.07, 6.45) is -1.67. The van der Waals surface area contributed by atoms with Crippen molar-refractivity contribution < 1.29 is 24.5 Å². The van der Waals surface area contributed by atoms with E-state index in [4.69, 9.17) is 14.9 Å². The number of nitrogens with zero attached hydrogens (tertiary/aromatic N) is 2. The third kappa shape index (κ3) is 4.76. The summed E-state index contributed by atoms with van der Waals surface area (Å²) in [5, 5.41) is 21.9. The van der Waals surface area contributed by atoms with Crippen LogP contribution < -0.4 is 15.4 Å². The summed E-state index contributed by atoms with van der Waals surface area (Å²) < 4.78 is 4.91. The Hall–Kier alpha value is -2.42. The fourth-order valence-electron chi connectivity index (χ4n) is 1.12. The van der Waals surface area contributed by atoms with Gasteiger partial charge in [0.25, 0.3) is 0 Å². The highest BCUT2D eigenvalue weighted by molar-refractivity contribution is 5.87. The molecule has 1 atom stereocenters. The number of aliphatic hydroxyl groups excluding tert-OH is 1. The number of aliphatic carboxylic acids is 1. The molecule has 2 amide bonds. The van der Waals surface area contributed by atoms with Gasteiger partial charge in [0.15, 0.2) is 6.10 Å². The second kappa shape index (κ2) is 6.50. The highest BCUT2D eigenvalue weighted by Gasteiger charge is 2.14. The van der Waals surface area contributed by atoms with Crippen molar-refractivity contribution in [3.05, 3.63) is 11.8 Å². The van der Waals surface area contributed by atoms with E-state index in [-0.39, 0.29) is 11.8 Å². The van der Waals surface area contributed by atoms with Crippen LogP contribution >= 0.6 is 0 Å². The van der Waals surface area contributed by atoms with Crippen molar-refractivity contribution in [2.75, 3.05) is 19.0 Å². The van der Waals surface area contributed by atoms with E-state index in [0.717, 1.165) is 0 Å². The van der Waals surface area contributed by atoms with Crippen LogP contribution in [0.15, 0.2) is 6.07 Å². The standard InChI is InChI=1S/C10H14N4O5/c1-5-3-7(19-2)13-9(12-5)14-10(18)11-4-6(15)8(16)17/h3,6,15H,4H2,1-2H3,(H,16,17)(H2,11,12,13,14,18)/t6-/m0/s1. The summed E-state index contributed by atoms with van der Waals surface area (Å²) in [7, 11) is 1.43. The zero-order valence-corrected chi connectivity index (χ0v) is 10.4. The lowest BCUT2D eigenvalue weighted by Crippen LogP contribution is -2.39. The Labute approximate surface area is 108 Å². The molecule has 0 aliphatic rings. The van der Waals surface area contributed by atoms with Gasteiger partial charge in [0, 0.05) is 11.8 Å². The van der Waals surface area contributed by atoms with Gasteiger partial charge >= 0.3 is 12.0 Å². The molecule has 0 saturated carbocycles. The summed E-state index contributed by atoms with van der Waals surface area (Å²) in [5.74, 6) is -1.12. The fraction of sp³-hybridized carbons (Fsp3) is 0.400. The number of anilines is 1. The van der Waals surface area contributed by atoms with E-state index in [1.54, 1.807) is 13.0 Å². The number of aryl methyl sites for hydroxylation is 1. The third-order valence-corrected chi connectivity index (χ3v) is 2.01. The van der Waals surface area contributed by atoms with E-state index < -0.39 is 24.6 Å². The molecule has 1 aromatic heterocycles. The molecule has 4 N–H and O–H groups in total. The van der Waals surface area contributed by atoms with Crippen LogP contribution in [0.4, 0.5) is 10.7 Å². The number of rotatable bonds is 5. The molecule has 19 heavy (non-hydrogen) atoms. The molecule has 104 valence electrons. The minimum atomic E-state index is -1.67. The molecule has 0 saturated heterocycles. The molecule has 1 rings (SSSR count). The summed E-state index contributed by atoms with van der Waals surface area (Å²) in [5.41, 5.74) is 0.590. The van der Waals surface area contributed by atoms with Crippen LogP contribution in [-0.2, 0) is 4.79 Å². The van der Waals surface area contributed by atoms with E-state index >= 15 is 0 Å².